The molecule has 0 amide bonds. The minimum absolute atomic E-state index is 0.431. The molecule has 2 aliphatic carbocycles. The fourth-order valence-electron chi connectivity index (χ4n) is 3.53. The van der Waals surface area contributed by atoms with E-state index in [4.69, 9.17) is 0 Å². The molecule has 0 aromatic heterocycles. The first-order valence-electron chi connectivity index (χ1n) is 7.29. The third-order valence-corrected chi connectivity index (χ3v) is 4.99. The molecule has 2 aliphatic rings. The second-order valence-corrected chi connectivity index (χ2v) is 6.47. The predicted molar refractivity (Wildman–Crippen MR) is 79.0 cm³/mol. The molecular weight excluding hydrogens is 232 g/mol. The number of hydrogen-bond acceptors (Lipinski definition) is 0. The van der Waals surface area contributed by atoms with Crippen molar-refractivity contribution in [3.05, 3.63) is 40.5 Å². The van der Waals surface area contributed by atoms with Gasteiger partial charge in [0.05, 0.1) is 0 Å². The summed E-state index contributed by atoms with van der Waals surface area (Å²) in [6.07, 6.45) is 8.89. The minimum atomic E-state index is 0.431. The summed E-state index contributed by atoms with van der Waals surface area (Å²) < 4.78 is 0. The molecule has 1 heteroatoms. The lowest BCUT2D eigenvalue weighted by molar-refractivity contribution is 0.650. The number of rotatable bonds is 3. The van der Waals surface area contributed by atoms with Gasteiger partial charge in [0, 0.05) is 10.2 Å². The molecule has 0 aliphatic heterocycles. The normalized spacial score (nSPS) is 22.6. The van der Waals surface area contributed by atoms with Crippen LogP contribution in [0.5, 0.6) is 0 Å². The van der Waals surface area contributed by atoms with E-state index in [-0.39, 0.29) is 0 Å². The summed E-state index contributed by atoms with van der Waals surface area (Å²) in [7, 11) is 3.88. The highest BCUT2D eigenvalue weighted by molar-refractivity contribution is 6.16. The smallest absolute Gasteiger partial charge is 0.0388 e. The van der Waals surface area contributed by atoms with Crippen LogP contribution in [-0.4, -0.2) is 10.2 Å². The summed E-state index contributed by atoms with van der Waals surface area (Å²) >= 11 is 0. The summed E-state index contributed by atoms with van der Waals surface area (Å²) in [5.74, 6) is 0.689. The quantitative estimate of drug-likeness (QED) is 0.708. The molecule has 1 aromatic rings. The third-order valence-electron chi connectivity index (χ3n) is 4.51. The van der Waals surface area contributed by atoms with Crippen LogP contribution in [0.15, 0.2) is 18.2 Å². The molecule has 0 spiro atoms. The zero-order valence-corrected chi connectivity index (χ0v) is 12.4. The van der Waals surface area contributed by atoms with Crippen molar-refractivity contribution in [2.24, 2.45) is 5.92 Å². The Bertz CT molecular complexity index is 499. The van der Waals surface area contributed by atoms with Crippen LogP contribution in [0.1, 0.15) is 60.9 Å². The van der Waals surface area contributed by atoms with Crippen molar-refractivity contribution in [1.82, 2.24) is 0 Å². The molecule has 0 fully saturated rings. The first-order chi connectivity index (χ1) is 8.70. The topological polar surface area (TPSA) is 0 Å². The standard InChI is InChI=1S/C17H21Si/c1-3-5-11(2)14-10-17(18)16-9-13-7-4-6-12(13)8-15(14)16/h8-11,17H,3-7H2,1-2H3. The molecule has 0 saturated heterocycles. The van der Waals surface area contributed by atoms with E-state index in [9.17, 15) is 0 Å². The first kappa shape index (κ1) is 12.2. The monoisotopic (exact) mass is 253 g/mol. The first-order valence-corrected chi connectivity index (χ1v) is 7.87. The van der Waals surface area contributed by atoms with Gasteiger partial charge < -0.3 is 0 Å². The maximum atomic E-state index is 3.88. The summed E-state index contributed by atoms with van der Waals surface area (Å²) in [6, 6.07) is 4.94. The second-order valence-electron chi connectivity index (χ2n) is 5.85. The van der Waals surface area contributed by atoms with Crippen molar-refractivity contribution < 1.29 is 0 Å². The largest absolute Gasteiger partial charge is 0.0765 e. The minimum Gasteiger partial charge on any atom is -0.0765 e. The molecule has 3 radical (unpaired) electrons. The Morgan fingerprint density at radius 2 is 2.00 bits per heavy atom. The van der Waals surface area contributed by atoms with E-state index in [2.05, 4.69) is 42.3 Å². The average molecular weight is 253 g/mol. The van der Waals surface area contributed by atoms with Crippen LogP contribution in [0.2, 0.25) is 0 Å². The molecule has 2 atom stereocenters. The second kappa shape index (κ2) is 4.69. The zero-order valence-electron chi connectivity index (χ0n) is 11.4. The lowest BCUT2D eigenvalue weighted by Crippen LogP contribution is -1.99. The maximum Gasteiger partial charge on any atom is 0.0388 e. The van der Waals surface area contributed by atoms with Crippen molar-refractivity contribution in [2.45, 2.75) is 51.5 Å². The van der Waals surface area contributed by atoms with Crippen LogP contribution in [0.25, 0.3) is 5.57 Å². The van der Waals surface area contributed by atoms with Gasteiger partial charge in [-0.15, -0.1) is 0 Å². The molecule has 18 heavy (non-hydrogen) atoms. The Labute approximate surface area is 114 Å². The van der Waals surface area contributed by atoms with Gasteiger partial charge in [0.25, 0.3) is 0 Å². The fourth-order valence-corrected chi connectivity index (χ4v) is 3.95. The van der Waals surface area contributed by atoms with Gasteiger partial charge >= 0.3 is 0 Å². The Hall–Kier alpha value is -0.823. The van der Waals surface area contributed by atoms with Crippen molar-refractivity contribution in [2.75, 3.05) is 0 Å². The van der Waals surface area contributed by atoms with Gasteiger partial charge in [0.1, 0.15) is 0 Å². The molecule has 93 valence electrons. The van der Waals surface area contributed by atoms with E-state index in [0.29, 0.717) is 11.5 Å². The van der Waals surface area contributed by atoms with Crippen molar-refractivity contribution >= 4 is 15.8 Å². The summed E-state index contributed by atoms with van der Waals surface area (Å²) in [5, 5.41) is 0. The number of fused-ring (bicyclic) bond motifs is 2. The highest BCUT2D eigenvalue weighted by Crippen LogP contribution is 2.42. The van der Waals surface area contributed by atoms with Crippen LogP contribution in [0.4, 0.5) is 0 Å². The maximum absolute atomic E-state index is 3.88. The van der Waals surface area contributed by atoms with Gasteiger partial charge in [-0.25, -0.2) is 0 Å². The molecule has 3 rings (SSSR count). The number of allylic oxidation sites excluding steroid dienone is 2. The van der Waals surface area contributed by atoms with Gasteiger partial charge in [-0.2, -0.15) is 0 Å². The SMILES string of the molecule is CCCC(C)C1=CC([Si])c2cc3c(cc21)CCC3. The van der Waals surface area contributed by atoms with Crippen LogP contribution >= 0.6 is 0 Å². The van der Waals surface area contributed by atoms with Gasteiger partial charge in [-0.1, -0.05) is 38.5 Å². The Balaban J connectivity index is 2.01. The third kappa shape index (κ3) is 1.89. The number of hydrogen-bond donors (Lipinski definition) is 0. The summed E-state index contributed by atoms with van der Waals surface area (Å²) in [4.78, 5) is 0. The van der Waals surface area contributed by atoms with Crippen molar-refractivity contribution in [3.8, 4) is 0 Å². The van der Waals surface area contributed by atoms with Crippen molar-refractivity contribution in [3.63, 3.8) is 0 Å². The average Bonchev–Trinajstić information content (AvgIpc) is 2.92. The van der Waals surface area contributed by atoms with Gasteiger partial charge in [-0.3, -0.25) is 0 Å². The highest BCUT2D eigenvalue weighted by atomic mass is 28.1. The van der Waals surface area contributed by atoms with Gasteiger partial charge in [0.15, 0.2) is 0 Å². The number of benzene rings is 1. The molecule has 0 heterocycles. The fraction of sp³-hybridized carbons (Fsp3) is 0.529. The van der Waals surface area contributed by atoms with Crippen molar-refractivity contribution in [1.29, 1.82) is 0 Å². The van der Waals surface area contributed by atoms with Crippen LogP contribution < -0.4 is 0 Å². The molecule has 0 bridgehead atoms. The van der Waals surface area contributed by atoms with Crippen LogP contribution in [0, 0.1) is 5.92 Å². The van der Waals surface area contributed by atoms with Crippen LogP contribution in [-0.2, 0) is 12.8 Å². The molecular formula is C17H21Si. The van der Waals surface area contributed by atoms with E-state index in [1.807, 2.05) is 0 Å². The van der Waals surface area contributed by atoms with Gasteiger partial charge in [-0.05, 0) is 65.0 Å². The molecule has 2 unspecified atom stereocenters. The van der Waals surface area contributed by atoms with E-state index in [1.165, 1.54) is 43.2 Å². The number of aryl methyl sites for hydroxylation is 2. The predicted octanol–water partition coefficient (Wildman–Crippen LogP) is 4.22. The molecule has 1 aromatic carbocycles. The van der Waals surface area contributed by atoms with Gasteiger partial charge in [0.2, 0.25) is 0 Å². The van der Waals surface area contributed by atoms with E-state index in [1.54, 1.807) is 16.7 Å². The van der Waals surface area contributed by atoms with Crippen LogP contribution in [0.3, 0.4) is 0 Å². The van der Waals surface area contributed by atoms with E-state index in [0.717, 1.165) is 0 Å². The highest BCUT2D eigenvalue weighted by Gasteiger charge is 2.26. The molecule has 0 saturated carbocycles. The Morgan fingerprint density at radius 1 is 1.28 bits per heavy atom. The van der Waals surface area contributed by atoms with E-state index >= 15 is 0 Å². The summed E-state index contributed by atoms with van der Waals surface area (Å²) in [5.41, 5.74) is 8.22. The van der Waals surface area contributed by atoms with E-state index < -0.39 is 0 Å². The molecule has 0 nitrogen and oxygen atoms in total. The molecule has 0 N–H and O–H groups in total. The Kier molecular flexibility index (Phi) is 3.19. The Morgan fingerprint density at radius 3 is 2.72 bits per heavy atom. The lowest BCUT2D eigenvalue weighted by Gasteiger charge is -2.15. The lowest BCUT2D eigenvalue weighted by atomic mass is 9.90. The zero-order chi connectivity index (χ0) is 12.7. The summed E-state index contributed by atoms with van der Waals surface area (Å²) in [6.45, 7) is 4.65.